The Morgan fingerprint density at radius 3 is 2.87 bits per heavy atom. The van der Waals surface area contributed by atoms with E-state index in [1.54, 1.807) is 30.5 Å². The van der Waals surface area contributed by atoms with Gasteiger partial charge in [0.25, 0.3) is 0 Å². The zero-order valence-corrected chi connectivity index (χ0v) is 7.68. The van der Waals surface area contributed by atoms with Gasteiger partial charge in [-0.15, -0.1) is 0 Å². The van der Waals surface area contributed by atoms with Crippen molar-refractivity contribution in [2.75, 3.05) is 0 Å². The molecular weight excluding hydrogens is 192 g/mol. The fourth-order valence-corrected chi connectivity index (χ4v) is 1.57. The molecule has 0 aliphatic carbocycles. The summed E-state index contributed by atoms with van der Waals surface area (Å²) >= 11 is 0. The summed E-state index contributed by atoms with van der Waals surface area (Å²) in [6.45, 7) is 0. The molecule has 4 heteroatoms. The van der Waals surface area contributed by atoms with Gasteiger partial charge in [0.2, 0.25) is 11.0 Å². The largest absolute Gasteiger partial charge is 0.439 e. The molecule has 0 aliphatic rings. The van der Waals surface area contributed by atoms with Crippen molar-refractivity contribution in [1.82, 2.24) is 9.97 Å². The molecule has 0 spiro atoms. The van der Waals surface area contributed by atoms with Crippen molar-refractivity contribution >= 4 is 22.0 Å². The molecule has 0 radical (unpaired) electrons. The Balaban J connectivity index is 2.71. The first kappa shape index (κ1) is 8.11. The molecule has 4 nitrogen and oxygen atoms in total. The van der Waals surface area contributed by atoms with Crippen LogP contribution in [0.1, 0.15) is 0 Å². The number of oxazole rings is 1. The zero-order valence-electron chi connectivity index (χ0n) is 7.68. The van der Waals surface area contributed by atoms with Crippen molar-refractivity contribution < 1.29 is 4.42 Å². The third kappa shape index (κ3) is 1.11. The Hall–Kier alpha value is -2.23. The number of rotatable bonds is 0. The third-order valence-electron chi connectivity index (χ3n) is 2.28. The van der Waals surface area contributed by atoms with Gasteiger partial charge in [-0.2, -0.15) is 0 Å². The highest BCUT2D eigenvalue weighted by Gasteiger charge is 2.05. The number of nitrogens with zero attached hydrogens (tertiary/aromatic N) is 2. The summed E-state index contributed by atoms with van der Waals surface area (Å²) in [4.78, 5) is 20.0. The summed E-state index contributed by atoms with van der Waals surface area (Å²) in [5.41, 5.74) is 1.31. The van der Waals surface area contributed by atoms with E-state index >= 15 is 0 Å². The Kier molecular flexibility index (Phi) is 1.56. The quantitative estimate of drug-likeness (QED) is 0.552. The van der Waals surface area contributed by atoms with Crippen LogP contribution < -0.4 is 5.43 Å². The normalized spacial score (nSPS) is 10.9. The van der Waals surface area contributed by atoms with Gasteiger partial charge in [0.05, 0.1) is 10.9 Å². The average Bonchev–Trinajstić information content (AvgIpc) is 2.69. The molecular formula is C11H6N2O2. The first-order valence-corrected chi connectivity index (χ1v) is 4.47. The highest BCUT2D eigenvalue weighted by Crippen LogP contribution is 2.11. The Morgan fingerprint density at radius 2 is 1.93 bits per heavy atom. The van der Waals surface area contributed by atoms with Crippen LogP contribution in [-0.2, 0) is 0 Å². The maximum Gasteiger partial charge on any atom is 0.232 e. The second-order valence-corrected chi connectivity index (χ2v) is 3.17. The maximum absolute atomic E-state index is 12.0. The fourth-order valence-electron chi connectivity index (χ4n) is 1.57. The van der Waals surface area contributed by atoms with Crippen LogP contribution in [0, 0.1) is 0 Å². The molecule has 3 rings (SSSR count). The Morgan fingerprint density at radius 1 is 1.07 bits per heavy atom. The van der Waals surface area contributed by atoms with E-state index in [4.69, 9.17) is 4.42 Å². The van der Waals surface area contributed by atoms with Crippen LogP contribution in [0.15, 0.2) is 46.1 Å². The molecule has 2 heterocycles. The molecule has 72 valence electrons. The molecule has 1 aromatic carbocycles. The smallest absolute Gasteiger partial charge is 0.232 e. The third-order valence-corrected chi connectivity index (χ3v) is 2.28. The fraction of sp³-hybridized carbons (Fsp3) is 0. The van der Waals surface area contributed by atoms with E-state index < -0.39 is 0 Å². The lowest BCUT2D eigenvalue weighted by atomic mass is 10.3. The van der Waals surface area contributed by atoms with Crippen LogP contribution in [0.25, 0.3) is 22.0 Å². The maximum atomic E-state index is 12.0. The number of hydrogen-bond donors (Lipinski definition) is 0. The minimum atomic E-state index is -0.171. The number of hydrogen-bond acceptors (Lipinski definition) is 4. The second kappa shape index (κ2) is 2.88. The summed E-state index contributed by atoms with van der Waals surface area (Å²) < 4.78 is 5.07. The van der Waals surface area contributed by atoms with Crippen LogP contribution in [0.5, 0.6) is 0 Å². The summed E-state index contributed by atoms with van der Waals surface area (Å²) in [5.74, 6) is 0. The van der Waals surface area contributed by atoms with Crippen LogP contribution in [0.2, 0.25) is 0 Å². The van der Waals surface area contributed by atoms with Gasteiger partial charge in [0.15, 0.2) is 6.39 Å². The predicted octanol–water partition coefficient (Wildman–Crippen LogP) is 1.74. The lowest BCUT2D eigenvalue weighted by Crippen LogP contribution is -1.97. The lowest BCUT2D eigenvalue weighted by molar-refractivity contribution is 0.600. The van der Waals surface area contributed by atoms with Crippen LogP contribution >= 0.6 is 0 Å². The molecule has 0 aliphatic heterocycles. The van der Waals surface area contributed by atoms with E-state index in [-0.39, 0.29) is 11.0 Å². The van der Waals surface area contributed by atoms with Gasteiger partial charge in [0.1, 0.15) is 5.52 Å². The second-order valence-electron chi connectivity index (χ2n) is 3.17. The molecule has 0 atom stereocenters. The standard InChI is InChI=1S/C11H6N2O2/c14-10-7-2-1-5-12-8(7)3-4-9-11(10)15-6-13-9/h1-6H. The molecule has 0 amide bonds. The van der Waals surface area contributed by atoms with E-state index in [0.717, 1.165) is 0 Å². The van der Waals surface area contributed by atoms with Gasteiger partial charge in [-0.25, -0.2) is 4.98 Å². The van der Waals surface area contributed by atoms with Crippen molar-refractivity contribution in [3.63, 3.8) is 0 Å². The minimum absolute atomic E-state index is 0.171. The molecule has 0 bridgehead atoms. The molecule has 3 aromatic rings. The Labute approximate surface area is 84.2 Å². The first-order valence-electron chi connectivity index (χ1n) is 4.47. The van der Waals surface area contributed by atoms with Crippen LogP contribution in [-0.4, -0.2) is 9.97 Å². The molecule has 0 saturated heterocycles. The summed E-state index contributed by atoms with van der Waals surface area (Å²) in [6, 6.07) is 6.95. The van der Waals surface area contributed by atoms with Crippen molar-refractivity contribution in [2.45, 2.75) is 0 Å². The van der Waals surface area contributed by atoms with Gasteiger partial charge in [-0.3, -0.25) is 9.78 Å². The van der Waals surface area contributed by atoms with Crippen molar-refractivity contribution in [3.8, 4) is 0 Å². The van der Waals surface area contributed by atoms with Crippen molar-refractivity contribution in [2.24, 2.45) is 0 Å². The van der Waals surface area contributed by atoms with Crippen molar-refractivity contribution in [3.05, 3.63) is 47.1 Å². The van der Waals surface area contributed by atoms with Gasteiger partial charge in [-0.1, -0.05) is 0 Å². The summed E-state index contributed by atoms with van der Waals surface area (Å²) in [7, 11) is 0. The van der Waals surface area contributed by atoms with Gasteiger partial charge in [0, 0.05) is 6.20 Å². The molecule has 2 aromatic heterocycles. The minimum Gasteiger partial charge on any atom is -0.439 e. The molecule has 15 heavy (non-hydrogen) atoms. The zero-order chi connectivity index (χ0) is 10.3. The number of aromatic nitrogens is 2. The molecule has 0 unspecified atom stereocenters. The van der Waals surface area contributed by atoms with E-state index in [2.05, 4.69) is 9.97 Å². The van der Waals surface area contributed by atoms with Gasteiger partial charge >= 0.3 is 0 Å². The molecule has 0 fully saturated rings. The van der Waals surface area contributed by atoms with Gasteiger partial charge in [-0.05, 0) is 24.3 Å². The van der Waals surface area contributed by atoms with Crippen molar-refractivity contribution in [1.29, 1.82) is 0 Å². The van der Waals surface area contributed by atoms with Crippen LogP contribution in [0.4, 0.5) is 0 Å². The topological polar surface area (TPSA) is 56.0 Å². The summed E-state index contributed by atoms with van der Waals surface area (Å²) in [6.07, 6.45) is 2.92. The molecule has 0 saturated carbocycles. The van der Waals surface area contributed by atoms with E-state index in [1.165, 1.54) is 6.39 Å². The average molecular weight is 198 g/mol. The van der Waals surface area contributed by atoms with Crippen LogP contribution in [0.3, 0.4) is 0 Å². The monoisotopic (exact) mass is 198 g/mol. The highest BCUT2D eigenvalue weighted by molar-refractivity contribution is 5.86. The van der Waals surface area contributed by atoms with E-state index in [9.17, 15) is 4.79 Å². The highest BCUT2D eigenvalue weighted by atomic mass is 16.3. The number of pyridine rings is 1. The SMILES string of the molecule is O=c1c2cccnc2ccc2ncoc12. The van der Waals surface area contributed by atoms with E-state index in [0.29, 0.717) is 16.4 Å². The first-order chi connectivity index (χ1) is 7.36. The van der Waals surface area contributed by atoms with E-state index in [1.807, 2.05) is 0 Å². The number of fused-ring (bicyclic) bond motifs is 2. The predicted molar refractivity (Wildman–Crippen MR) is 55.6 cm³/mol. The lowest BCUT2D eigenvalue weighted by Gasteiger charge is -1.86. The molecule has 0 N–H and O–H groups in total. The Bertz CT molecular complexity index is 703. The van der Waals surface area contributed by atoms with Gasteiger partial charge < -0.3 is 4.42 Å². The summed E-state index contributed by atoms with van der Waals surface area (Å²) in [5, 5.41) is 0.546.